The topological polar surface area (TPSA) is 81.2 Å². The van der Waals surface area contributed by atoms with Crippen molar-refractivity contribution in [1.82, 2.24) is 0 Å². The van der Waals surface area contributed by atoms with Gasteiger partial charge in [0.2, 0.25) is 0 Å². The summed E-state index contributed by atoms with van der Waals surface area (Å²) in [4.78, 5) is 10.1. The first-order chi connectivity index (χ1) is 8.97. The van der Waals surface area contributed by atoms with Crippen LogP contribution in [0, 0.1) is 22.9 Å². The Bertz CT molecular complexity index is 644. The van der Waals surface area contributed by atoms with Crippen molar-refractivity contribution in [3.05, 3.63) is 57.9 Å². The summed E-state index contributed by atoms with van der Waals surface area (Å²) < 4.78 is 13.1. The fraction of sp³-hybridized carbons (Fsp3) is 0.0769. The molecule has 2 aromatic carbocycles. The van der Waals surface area contributed by atoms with E-state index in [1.807, 2.05) is 0 Å². The maximum Gasteiger partial charge on any atom is 0.271 e. The lowest BCUT2D eigenvalue weighted by molar-refractivity contribution is -0.384. The second-order valence-corrected chi connectivity index (χ2v) is 4.12. The molecule has 0 bridgehead atoms. The number of nitrogens with two attached hydrogens (primary N) is 1. The van der Waals surface area contributed by atoms with E-state index in [1.165, 1.54) is 24.3 Å². The van der Waals surface area contributed by atoms with Crippen molar-refractivity contribution >= 4 is 22.7 Å². The zero-order chi connectivity index (χ0) is 14.0. The van der Waals surface area contributed by atoms with Gasteiger partial charge in [-0.1, -0.05) is 0 Å². The Morgan fingerprint density at radius 2 is 2.00 bits per heavy atom. The van der Waals surface area contributed by atoms with Gasteiger partial charge >= 0.3 is 0 Å². The molecule has 0 aliphatic carbocycles. The van der Waals surface area contributed by atoms with E-state index in [9.17, 15) is 14.5 Å². The van der Waals surface area contributed by atoms with Crippen LogP contribution in [-0.2, 0) is 0 Å². The maximum atomic E-state index is 13.1. The lowest BCUT2D eigenvalue weighted by atomic mass is 10.2. The number of hydrogen-bond donors (Lipinski definition) is 2. The molecule has 5 nitrogen and oxygen atoms in total. The van der Waals surface area contributed by atoms with E-state index < -0.39 is 4.92 Å². The first-order valence-corrected chi connectivity index (χ1v) is 5.54. The molecule has 0 amide bonds. The Morgan fingerprint density at radius 1 is 1.26 bits per heavy atom. The summed E-state index contributed by atoms with van der Waals surface area (Å²) in [6, 6.07) is 8.71. The number of nitrogen functional groups attached to an aromatic ring is 1. The van der Waals surface area contributed by atoms with Gasteiger partial charge < -0.3 is 11.1 Å². The molecule has 0 saturated carbocycles. The first kappa shape index (κ1) is 12.8. The molecule has 0 atom stereocenters. The van der Waals surface area contributed by atoms with Crippen molar-refractivity contribution in [3.63, 3.8) is 0 Å². The van der Waals surface area contributed by atoms with Crippen LogP contribution in [-0.4, -0.2) is 4.92 Å². The zero-order valence-electron chi connectivity index (χ0n) is 10.2. The van der Waals surface area contributed by atoms with Crippen LogP contribution in [0.15, 0.2) is 36.4 Å². The maximum absolute atomic E-state index is 13.1. The average molecular weight is 261 g/mol. The van der Waals surface area contributed by atoms with Gasteiger partial charge in [-0.25, -0.2) is 4.39 Å². The molecular weight excluding hydrogens is 249 g/mol. The summed E-state index contributed by atoms with van der Waals surface area (Å²) in [5, 5.41) is 13.6. The van der Waals surface area contributed by atoms with E-state index in [0.29, 0.717) is 16.9 Å². The predicted octanol–water partition coefficient (Wildman–Crippen LogP) is 3.37. The van der Waals surface area contributed by atoms with Crippen molar-refractivity contribution in [3.8, 4) is 0 Å². The molecule has 0 fully saturated rings. The van der Waals surface area contributed by atoms with Gasteiger partial charge in [0.1, 0.15) is 5.82 Å². The van der Waals surface area contributed by atoms with Crippen LogP contribution < -0.4 is 11.1 Å². The van der Waals surface area contributed by atoms with Gasteiger partial charge in [-0.3, -0.25) is 10.1 Å². The molecule has 6 heteroatoms. The van der Waals surface area contributed by atoms with Gasteiger partial charge in [0.15, 0.2) is 0 Å². The van der Waals surface area contributed by atoms with E-state index in [-0.39, 0.29) is 17.2 Å². The van der Waals surface area contributed by atoms with Crippen LogP contribution in [0.25, 0.3) is 0 Å². The minimum absolute atomic E-state index is 0.0710. The Kier molecular flexibility index (Phi) is 3.33. The number of nitrogens with one attached hydrogen (secondary N) is 1. The summed E-state index contributed by atoms with van der Waals surface area (Å²) in [6.07, 6.45) is 0. The molecular formula is C13H12FN3O2. The molecule has 0 spiro atoms. The molecule has 0 aliphatic rings. The van der Waals surface area contributed by atoms with Gasteiger partial charge in [0.25, 0.3) is 5.69 Å². The van der Waals surface area contributed by atoms with E-state index >= 15 is 0 Å². The normalized spacial score (nSPS) is 10.2. The Hall–Kier alpha value is -2.63. The van der Waals surface area contributed by atoms with Crippen molar-refractivity contribution in [1.29, 1.82) is 0 Å². The lowest BCUT2D eigenvalue weighted by Crippen LogP contribution is -1.98. The Morgan fingerprint density at radius 3 is 2.58 bits per heavy atom. The fourth-order valence-electron chi connectivity index (χ4n) is 1.66. The van der Waals surface area contributed by atoms with Crippen molar-refractivity contribution in [2.45, 2.75) is 6.92 Å². The van der Waals surface area contributed by atoms with E-state index in [4.69, 9.17) is 5.73 Å². The zero-order valence-corrected chi connectivity index (χ0v) is 10.2. The highest BCUT2D eigenvalue weighted by molar-refractivity contribution is 5.74. The second kappa shape index (κ2) is 4.93. The number of halogens is 1. The van der Waals surface area contributed by atoms with Gasteiger partial charge in [-0.05, 0) is 36.8 Å². The summed E-state index contributed by atoms with van der Waals surface area (Å²) in [6.45, 7) is 1.65. The van der Waals surface area contributed by atoms with E-state index in [1.54, 1.807) is 19.1 Å². The van der Waals surface area contributed by atoms with Crippen LogP contribution in [0.1, 0.15) is 5.56 Å². The Labute approximate surface area is 109 Å². The monoisotopic (exact) mass is 261 g/mol. The summed E-state index contributed by atoms with van der Waals surface area (Å²) in [5.41, 5.74) is 7.63. The van der Waals surface area contributed by atoms with Crippen molar-refractivity contribution < 1.29 is 9.31 Å². The number of benzene rings is 2. The molecule has 0 aliphatic heterocycles. The van der Waals surface area contributed by atoms with Crippen LogP contribution in [0.3, 0.4) is 0 Å². The van der Waals surface area contributed by atoms with Crippen LogP contribution in [0.5, 0.6) is 0 Å². The van der Waals surface area contributed by atoms with Crippen LogP contribution >= 0.6 is 0 Å². The third-order valence-corrected chi connectivity index (χ3v) is 2.68. The summed E-state index contributed by atoms with van der Waals surface area (Å²) in [7, 11) is 0. The lowest BCUT2D eigenvalue weighted by Gasteiger charge is -2.10. The highest BCUT2D eigenvalue weighted by Crippen LogP contribution is 2.27. The minimum atomic E-state index is -0.512. The number of hydrogen-bond acceptors (Lipinski definition) is 4. The third kappa shape index (κ3) is 2.79. The molecule has 0 heterocycles. The molecule has 3 N–H and O–H groups in total. The molecule has 0 radical (unpaired) electrons. The smallest absolute Gasteiger partial charge is 0.271 e. The molecule has 0 unspecified atom stereocenters. The second-order valence-electron chi connectivity index (χ2n) is 4.12. The van der Waals surface area contributed by atoms with Crippen LogP contribution in [0.2, 0.25) is 0 Å². The highest BCUT2D eigenvalue weighted by Gasteiger charge is 2.09. The van der Waals surface area contributed by atoms with Gasteiger partial charge in [0, 0.05) is 17.8 Å². The number of non-ortho nitro benzene ring substituents is 1. The number of nitro benzene ring substituents is 1. The van der Waals surface area contributed by atoms with Crippen molar-refractivity contribution in [2.24, 2.45) is 0 Å². The van der Waals surface area contributed by atoms with E-state index in [0.717, 1.165) is 0 Å². The van der Waals surface area contributed by atoms with Gasteiger partial charge in [-0.15, -0.1) is 0 Å². The highest BCUT2D eigenvalue weighted by atomic mass is 19.1. The van der Waals surface area contributed by atoms with Gasteiger partial charge in [-0.2, -0.15) is 0 Å². The largest absolute Gasteiger partial charge is 0.397 e. The average Bonchev–Trinajstić information content (AvgIpc) is 2.36. The number of anilines is 3. The standard InChI is InChI=1S/C13H12FN3O2/c1-8-6-9(2-4-11(8)14)16-13-5-3-10(17(18)19)7-12(13)15/h2-7,16H,15H2,1H3. The van der Waals surface area contributed by atoms with Gasteiger partial charge in [0.05, 0.1) is 16.3 Å². The predicted molar refractivity (Wildman–Crippen MR) is 71.9 cm³/mol. The van der Waals surface area contributed by atoms with E-state index in [2.05, 4.69) is 5.32 Å². The van der Waals surface area contributed by atoms with Crippen LogP contribution in [0.4, 0.5) is 27.1 Å². The quantitative estimate of drug-likeness (QED) is 0.504. The summed E-state index contributed by atoms with van der Waals surface area (Å²) in [5.74, 6) is -0.290. The third-order valence-electron chi connectivity index (χ3n) is 2.68. The molecule has 0 saturated heterocycles. The number of rotatable bonds is 3. The summed E-state index contributed by atoms with van der Waals surface area (Å²) >= 11 is 0. The number of nitro groups is 1. The number of nitrogens with zero attached hydrogens (tertiary/aromatic N) is 1. The first-order valence-electron chi connectivity index (χ1n) is 5.54. The number of aryl methyl sites for hydroxylation is 1. The molecule has 2 rings (SSSR count). The molecule has 19 heavy (non-hydrogen) atoms. The molecule has 2 aromatic rings. The fourth-order valence-corrected chi connectivity index (χ4v) is 1.66. The minimum Gasteiger partial charge on any atom is -0.397 e. The van der Waals surface area contributed by atoms with Crippen molar-refractivity contribution in [2.75, 3.05) is 11.1 Å². The molecule has 98 valence electrons. The Balaban J connectivity index is 2.28. The molecule has 0 aromatic heterocycles. The SMILES string of the molecule is Cc1cc(Nc2ccc([N+](=O)[O-])cc2N)ccc1F.